The van der Waals surface area contributed by atoms with E-state index in [-0.39, 0.29) is 5.91 Å². The Kier molecular flexibility index (Phi) is 4.53. The van der Waals surface area contributed by atoms with E-state index < -0.39 is 0 Å². The molecule has 2 aromatic rings. The summed E-state index contributed by atoms with van der Waals surface area (Å²) in [5.74, 6) is 1.40. The highest BCUT2D eigenvalue weighted by atomic mass is 16.3. The minimum Gasteiger partial charge on any atom is -0.466 e. The molecule has 0 saturated heterocycles. The summed E-state index contributed by atoms with van der Waals surface area (Å²) in [5.41, 5.74) is 3.49. The molecular formula is C19H24N2O2. The highest BCUT2D eigenvalue weighted by Gasteiger charge is 2.21. The van der Waals surface area contributed by atoms with Gasteiger partial charge in [-0.25, -0.2) is 0 Å². The van der Waals surface area contributed by atoms with Crippen molar-refractivity contribution < 1.29 is 9.21 Å². The first-order valence-electron chi connectivity index (χ1n) is 8.20. The van der Waals surface area contributed by atoms with Gasteiger partial charge in [0.2, 0.25) is 0 Å². The lowest BCUT2D eigenvalue weighted by molar-refractivity contribution is 0.0931. The Morgan fingerprint density at radius 3 is 2.74 bits per heavy atom. The average molecular weight is 312 g/mol. The average Bonchev–Trinajstić information content (AvgIpc) is 2.90. The van der Waals surface area contributed by atoms with E-state index in [2.05, 4.69) is 41.4 Å². The van der Waals surface area contributed by atoms with E-state index in [1.54, 1.807) is 6.07 Å². The normalized spacial score (nSPS) is 16.0. The van der Waals surface area contributed by atoms with Crippen molar-refractivity contribution in [1.29, 1.82) is 0 Å². The number of nitrogens with zero attached hydrogens (tertiary/aromatic N) is 1. The van der Waals surface area contributed by atoms with Crippen molar-refractivity contribution in [2.24, 2.45) is 0 Å². The quantitative estimate of drug-likeness (QED) is 0.943. The molecule has 1 atom stereocenters. The van der Waals surface area contributed by atoms with Crippen LogP contribution in [0.5, 0.6) is 0 Å². The van der Waals surface area contributed by atoms with E-state index in [0.717, 1.165) is 25.3 Å². The highest BCUT2D eigenvalue weighted by Crippen LogP contribution is 2.20. The lowest BCUT2D eigenvalue weighted by Crippen LogP contribution is -2.44. The maximum atomic E-state index is 12.3. The van der Waals surface area contributed by atoms with Crippen molar-refractivity contribution in [1.82, 2.24) is 10.2 Å². The molecular weight excluding hydrogens is 288 g/mol. The molecule has 23 heavy (non-hydrogen) atoms. The number of carbonyl (C=O) groups is 1. The SMILES string of the molecule is Cc1cc(C(=O)NC[C@H](C)N2CCc3ccccc3C2)c(C)o1. The minimum atomic E-state index is -0.0522. The monoisotopic (exact) mass is 312 g/mol. The summed E-state index contributed by atoms with van der Waals surface area (Å²) in [4.78, 5) is 14.7. The summed E-state index contributed by atoms with van der Waals surface area (Å²) >= 11 is 0. The number of rotatable bonds is 4. The maximum absolute atomic E-state index is 12.3. The number of hydrogen-bond acceptors (Lipinski definition) is 3. The Morgan fingerprint density at radius 2 is 2.04 bits per heavy atom. The van der Waals surface area contributed by atoms with Gasteiger partial charge < -0.3 is 9.73 Å². The second-order valence-corrected chi connectivity index (χ2v) is 6.38. The van der Waals surface area contributed by atoms with E-state index in [1.807, 2.05) is 13.8 Å². The summed E-state index contributed by atoms with van der Waals surface area (Å²) in [7, 11) is 0. The lowest BCUT2D eigenvalue weighted by atomic mass is 9.99. The fraction of sp³-hybridized carbons (Fsp3) is 0.421. The molecule has 0 aliphatic carbocycles. The molecule has 0 unspecified atom stereocenters. The van der Waals surface area contributed by atoms with Crippen LogP contribution in [0.2, 0.25) is 0 Å². The summed E-state index contributed by atoms with van der Waals surface area (Å²) in [6.07, 6.45) is 1.08. The van der Waals surface area contributed by atoms with E-state index in [1.165, 1.54) is 11.1 Å². The second-order valence-electron chi connectivity index (χ2n) is 6.38. The van der Waals surface area contributed by atoms with Crippen molar-refractivity contribution >= 4 is 5.91 Å². The molecule has 1 aromatic carbocycles. The maximum Gasteiger partial charge on any atom is 0.254 e. The lowest BCUT2D eigenvalue weighted by Gasteiger charge is -2.33. The van der Waals surface area contributed by atoms with Gasteiger partial charge in [0.15, 0.2) is 0 Å². The van der Waals surface area contributed by atoms with Gasteiger partial charge in [-0.05, 0) is 44.4 Å². The van der Waals surface area contributed by atoms with Crippen LogP contribution in [-0.4, -0.2) is 29.9 Å². The van der Waals surface area contributed by atoms with Gasteiger partial charge in [0.1, 0.15) is 11.5 Å². The zero-order valence-electron chi connectivity index (χ0n) is 14.1. The third kappa shape index (κ3) is 3.48. The van der Waals surface area contributed by atoms with Crippen molar-refractivity contribution in [3.63, 3.8) is 0 Å². The Bertz CT molecular complexity index is 705. The predicted octanol–water partition coefficient (Wildman–Crippen LogP) is 3.07. The number of fused-ring (bicyclic) bond motifs is 1. The van der Waals surface area contributed by atoms with Gasteiger partial charge in [0.05, 0.1) is 5.56 Å². The summed E-state index contributed by atoms with van der Waals surface area (Å²) < 4.78 is 5.43. The van der Waals surface area contributed by atoms with E-state index in [4.69, 9.17) is 4.42 Å². The topological polar surface area (TPSA) is 45.5 Å². The van der Waals surface area contributed by atoms with Crippen LogP contribution in [0.3, 0.4) is 0 Å². The molecule has 122 valence electrons. The third-order valence-electron chi connectivity index (χ3n) is 4.63. The van der Waals surface area contributed by atoms with Crippen LogP contribution in [0.15, 0.2) is 34.7 Å². The van der Waals surface area contributed by atoms with Crippen molar-refractivity contribution in [3.05, 3.63) is 58.5 Å². The first kappa shape index (κ1) is 15.8. The van der Waals surface area contributed by atoms with Gasteiger partial charge in [0, 0.05) is 25.7 Å². The molecule has 1 amide bonds. The van der Waals surface area contributed by atoms with E-state index in [9.17, 15) is 4.79 Å². The summed E-state index contributed by atoms with van der Waals surface area (Å²) in [6.45, 7) is 8.49. The van der Waals surface area contributed by atoms with Crippen molar-refractivity contribution in [2.75, 3.05) is 13.1 Å². The smallest absolute Gasteiger partial charge is 0.254 e. The Balaban J connectivity index is 1.57. The van der Waals surface area contributed by atoms with Gasteiger partial charge in [-0.15, -0.1) is 0 Å². The van der Waals surface area contributed by atoms with E-state index >= 15 is 0 Å². The van der Waals surface area contributed by atoms with Crippen LogP contribution in [0.25, 0.3) is 0 Å². The molecule has 3 rings (SSSR count). The molecule has 2 heterocycles. The number of amides is 1. The van der Waals surface area contributed by atoms with Crippen LogP contribution >= 0.6 is 0 Å². The fourth-order valence-corrected chi connectivity index (χ4v) is 3.21. The van der Waals surface area contributed by atoms with Crippen LogP contribution in [0.4, 0.5) is 0 Å². The van der Waals surface area contributed by atoms with Crippen LogP contribution < -0.4 is 5.32 Å². The summed E-state index contributed by atoms with van der Waals surface area (Å²) in [6, 6.07) is 10.7. The zero-order chi connectivity index (χ0) is 16.4. The highest BCUT2D eigenvalue weighted by molar-refractivity contribution is 5.95. The Hall–Kier alpha value is -2.07. The first-order chi connectivity index (χ1) is 11.0. The molecule has 0 fully saturated rings. The van der Waals surface area contributed by atoms with Crippen molar-refractivity contribution in [2.45, 2.75) is 39.8 Å². The number of nitrogens with one attached hydrogen (secondary N) is 1. The first-order valence-corrected chi connectivity index (χ1v) is 8.20. The Labute approximate surface area is 137 Å². The zero-order valence-corrected chi connectivity index (χ0v) is 14.1. The third-order valence-corrected chi connectivity index (χ3v) is 4.63. The molecule has 1 aliphatic rings. The predicted molar refractivity (Wildman–Crippen MR) is 90.5 cm³/mol. The number of hydrogen-bond donors (Lipinski definition) is 1. The minimum absolute atomic E-state index is 0.0522. The van der Waals surface area contributed by atoms with Gasteiger partial charge in [0.25, 0.3) is 5.91 Å². The molecule has 0 radical (unpaired) electrons. The number of furan rings is 1. The molecule has 0 spiro atoms. The molecule has 1 aliphatic heterocycles. The molecule has 1 N–H and O–H groups in total. The number of aryl methyl sites for hydroxylation is 2. The standard InChI is InChI=1S/C19H24N2O2/c1-13(11-20-19(22)18-10-14(2)23-15(18)3)21-9-8-16-6-4-5-7-17(16)12-21/h4-7,10,13H,8-9,11-12H2,1-3H3,(H,20,22)/t13-/m0/s1. The second kappa shape index (κ2) is 6.59. The molecule has 4 heteroatoms. The van der Waals surface area contributed by atoms with Crippen LogP contribution in [0, 0.1) is 13.8 Å². The molecule has 0 saturated carbocycles. The molecule has 4 nitrogen and oxygen atoms in total. The van der Waals surface area contributed by atoms with Crippen LogP contribution in [-0.2, 0) is 13.0 Å². The summed E-state index contributed by atoms with van der Waals surface area (Å²) in [5, 5.41) is 3.03. The molecule has 0 bridgehead atoms. The fourth-order valence-electron chi connectivity index (χ4n) is 3.21. The number of carbonyl (C=O) groups excluding carboxylic acids is 1. The van der Waals surface area contributed by atoms with Crippen LogP contribution in [0.1, 0.15) is 39.9 Å². The largest absolute Gasteiger partial charge is 0.466 e. The van der Waals surface area contributed by atoms with Gasteiger partial charge >= 0.3 is 0 Å². The van der Waals surface area contributed by atoms with E-state index in [0.29, 0.717) is 23.9 Å². The van der Waals surface area contributed by atoms with Gasteiger partial charge in [-0.3, -0.25) is 9.69 Å². The van der Waals surface area contributed by atoms with Crippen molar-refractivity contribution in [3.8, 4) is 0 Å². The Morgan fingerprint density at radius 1 is 1.30 bits per heavy atom. The number of benzene rings is 1. The van der Waals surface area contributed by atoms with Gasteiger partial charge in [-0.2, -0.15) is 0 Å². The molecule has 1 aromatic heterocycles. The van der Waals surface area contributed by atoms with Gasteiger partial charge in [-0.1, -0.05) is 24.3 Å².